The van der Waals surface area contributed by atoms with Crippen molar-refractivity contribution in [2.75, 3.05) is 39.1 Å². The van der Waals surface area contributed by atoms with Crippen molar-refractivity contribution >= 4 is 30.8 Å². The van der Waals surface area contributed by atoms with Crippen LogP contribution in [-0.2, 0) is 31.1 Å². The number of halogens is 1. The van der Waals surface area contributed by atoms with E-state index in [1.54, 1.807) is 19.1 Å². The number of nitrogens with zero attached hydrogens (tertiary/aromatic N) is 2. The predicted octanol–water partition coefficient (Wildman–Crippen LogP) is 2.93. The Bertz CT molecular complexity index is 1730. The molecule has 13 heteroatoms. The summed E-state index contributed by atoms with van der Waals surface area (Å²) in [6, 6.07) is 10.7. The monoisotopic (exact) mass is 621 g/mol. The first-order valence-corrected chi connectivity index (χ1v) is 17.4. The lowest BCUT2D eigenvalue weighted by Gasteiger charge is -2.38. The number of aromatic nitrogens is 1. The third-order valence-electron chi connectivity index (χ3n) is 8.07. The normalized spacial score (nSPS) is 19.5. The molecule has 3 aromatic rings. The molecular formula is C29H36FN3O7S2. The summed E-state index contributed by atoms with van der Waals surface area (Å²) in [5.41, 5.74) is -1.02. The first-order chi connectivity index (χ1) is 19.9. The average Bonchev–Trinajstić information content (AvgIpc) is 3.35. The third kappa shape index (κ3) is 6.25. The summed E-state index contributed by atoms with van der Waals surface area (Å²) in [5.74, 6) is -0.0592. The maximum Gasteiger partial charge on any atom is 0.248 e. The van der Waals surface area contributed by atoms with Crippen molar-refractivity contribution in [3.63, 3.8) is 0 Å². The highest BCUT2D eigenvalue weighted by atomic mass is 32.2. The van der Waals surface area contributed by atoms with Gasteiger partial charge in [-0.05, 0) is 69.5 Å². The Hall–Kier alpha value is -2.84. The van der Waals surface area contributed by atoms with Gasteiger partial charge in [-0.1, -0.05) is 12.1 Å². The van der Waals surface area contributed by atoms with Crippen LogP contribution in [0, 0.1) is 5.82 Å². The molecular weight excluding hydrogens is 585 g/mol. The van der Waals surface area contributed by atoms with Crippen LogP contribution in [-0.4, -0.2) is 76.5 Å². The van der Waals surface area contributed by atoms with Crippen LogP contribution in [0.15, 0.2) is 63.2 Å². The molecule has 0 saturated carbocycles. The summed E-state index contributed by atoms with van der Waals surface area (Å²) in [7, 11) is -7.38. The molecule has 0 amide bonds. The molecule has 1 aromatic heterocycles. The Morgan fingerprint density at radius 3 is 2.57 bits per heavy atom. The van der Waals surface area contributed by atoms with E-state index in [2.05, 4.69) is 5.32 Å². The maximum absolute atomic E-state index is 14.5. The largest absolute Gasteiger partial charge is 0.494 e. The molecule has 2 aliphatic rings. The summed E-state index contributed by atoms with van der Waals surface area (Å²) < 4.78 is 79.8. The van der Waals surface area contributed by atoms with Crippen LogP contribution in [0.4, 0.5) is 4.39 Å². The van der Waals surface area contributed by atoms with E-state index in [9.17, 15) is 26.0 Å². The van der Waals surface area contributed by atoms with Gasteiger partial charge in [0.25, 0.3) is 0 Å². The van der Waals surface area contributed by atoms with Crippen molar-refractivity contribution in [3.05, 3.63) is 64.7 Å². The highest BCUT2D eigenvalue weighted by Crippen LogP contribution is 2.37. The van der Waals surface area contributed by atoms with Crippen LogP contribution in [0.3, 0.4) is 0 Å². The van der Waals surface area contributed by atoms with Crippen LogP contribution >= 0.6 is 0 Å². The quantitative estimate of drug-likeness (QED) is 0.343. The van der Waals surface area contributed by atoms with Gasteiger partial charge in [0.05, 0.1) is 34.6 Å². The van der Waals surface area contributed by atoms with Gasteiger partial charge in [-0.15, -0.1) is 0 Å². The van der Waals surface area contributed by atoms with Crippen LogP contribution < -0.4 is 15.5 Å². The van der Waals surface area contributed by atoms with Crippen molar-refractivity contribution in [2.45, 2.75) is 60.6 Å². The highest BCUT2D eigenvalue weighted by molar-refractivity contribution is 7.90. The Morgan fingerprint density at radius 1 is 1.12 bits per heavy atom. The van der Waals surface area contributed by atoms with E-state index in [0.717, 1.165) is 12.7 Å². The fourth-order valence-corrected chi connectivity index (χ4v) is 7.98. The fraction of sp³-hybridized carbons (Fsp3) is 0.483. The topological polar surface area (TPSA) is 124 Å². The molecule has 1 atom stereocenters. The van der Waals surface area contributed by atoms with Gasteiger partial charge in [-0.25, -0.2) is 21.2 Å². The second kappa shape index (κ2) is 12.0. The number of hydrogen-bond donors (Lipinski definition) is 1. The van der Waals surface area contributed by atoms with E-state index < -0.39 is 36.7 Å². The number of hydrogen-bond acceptors (Lipinski definition) is 8. The zero-order chi connectivity index (χ0) is 30.1. The van der Waals surface area contributed by atoms with E-state index in [4.69, 9.17) is 9.47 Å². The van der Waals surface area contributed by atoms with E-state index in [-0.39, 0.29) is 39.8 Å². The number of para-hydroxylation sites is 1. The lowest BCUT2D eigenvalue weighted by molar-refractivity contribution is -0.0311. The van der Waals surface area contributed by atoms with E-state index in [1.165, 1.54) is 45.4 Å². The minimum atomic E-state index is -4.08. The number of benzene rings is 2. The van der Waals surface area contributed by atoms with Crippen LogP contribution in [0.5, 0.6) is 5.75 Å². The number of aryl methyl sites for hydroxylation is 1. The Labute approximate surface area is 245 Å². The van der Waals surface area contributed by atoms with E-state index >= 15 is 0 Å². The number of sulfone groups is 1. The molecule has 0 unspecified atom stereocenters. The smallest absolute Gasteiger partial charge is 0.248 e. The van der Waals surface area contributed by atoms with Crippen molar-refractivity contribution < 1.29 is 30.7 Å². The van der Waals surface area contributed by atoms with Crippen LogP contribution in [0.2, 0.25) is 0 Å². The standard InChI is InChI=1S/C29H36FN3O7S2/c1-3-32-19-26(28(34)24-9-5-10-25(30)27(24)32)42(37,38)33-14-11-29(12-15-33)18-21(20-40-29)31-13-6-16-39-22-7-4-8-23(17-22)41(2,35)36/h4-5,7-10,17,19,21,31H,3,6,11-16,18,20H2,1-2H3/t21-/m1/s1. The van der Waals surface area contributed by atoms with Crippen molar-refractivity contribution in [1.29, 1.82) is 0 Å². The van der Waals surface area contributed by atoms with Gasteiger partial charge in [0.1, 0.15) is 16.5 Å². The Morgan fingerprint density at radius 2 is 1.86 bits per heavy atom. The number of ether oxygens (including phenoxy) is 2. The van der Waals surface area contributed by atoms with Gasteiger partial charge < -0.3 is 19.4 Å². The molecule has 0 bridgehead atoms. The van der Waals surface area contributed by atoms with Crippen molar-refractivity contribution in [2.24, 2.45) is 0 Å². The molecule has 0 aliphatic carbocycles. The zero-order valence-electron chi connectivity index (χ0n) is 23.7. The SMILES string of the molecule is CCn1cc(S(=O)(=O)N2CCC3(CC2)C[C@@H](NCCCOc2cccc(S(C)(=O)=O)c2)CO3)c(=O)c2cccc(F)c21. The molecule has 2 aromatic carbocycles. The molecule has 1 spiro atoms. The molecule has 228 valence electrons. The number of fused-ring (bicyclic) bond motifs is 1. The van der Waals surface area contributed by atoms with Crippen molar-refractivity contribution in [1.82, 2.24) is 14.2 Å². The minimum absolute atomic E-state index is 0.0484. The average molecular weight is 622 g/mol. The van der Waals surface area contributed by atoms with E-state index in [0.29, 0.717) is 51.3 Å². The molecule has 2 saturated heterocycles. The Kier molecular flexibility index (Phi) is 8.77. The van der Waals surface area contributed by atoms with Gasteiger partial charge in [0, 0.05) is 38.1 Å². The first kappa shape index (κ1) is 30.6. The zero-order valence-corrected chi connectivity index (χ0v) is 25.3. The summed E-state index contributed by atoms with van der Waals surface area (Å²) >= 11 is 0. The van der Waals surface area contributed by atoms with Gasteiger partial charge in [-0.3, -0.25) is 4.79 Å². The van der Waals surface area contributed by atoms with Gasteiger partial charge in [-0.2, -0.15) is 4.31 Å². The molecule has 3 heterocycles. The second-order valence-corrected chi connectivity index (χ2v) is 14.9. The molecule has 2 fully saturated rings. The minimum Gasteiger partial charge on any atom is -0.494 e. The molecule has 2 aliphatic heterocycles. The molecule has 10 nitrogen and oxygen atoms in total. The molecule has 5 rings (SSSR count). The molecule has 0 radical (unpaired) electrons. The first-order valence-electron chi connectivity index (χ1n) is 14.1. The Balaban J connectivity index is 1.14. The van der Waals surface area contributed by atoms with Gasteiger partial charge in [0.15, 0.2) is 9.84 Å². The van der Waals surface area contributed by atoms with Crippen LogP contribution in [0.1, 0.15) is 32.6 Å². The number of pyridine rings is 1. The summed E-state index contributed by atoms with van der Waals surface area (Å²) in [6.45, 7) is 4.15. The second-order valence-electron chi connectivity index (χ2n) is 10.9. The van der Waals surface area contributed by atoms with E-state index in [1.807, 2.05) is 0 Å². The van der Waals surface area contributed by atoms with Crippen molar-refractivity contribution in [3.8, 4) is 5.75 Å². The number of piperidine rings is 1. The maximum atomic E-state index is 14.5. The number of rotatable bonds is 10. The lowest BCUT2D eigenvalue weighted by Crippen LogP contribution is -2.47. The fourth-order valence-electron chi connectivity index (χ4n) is 5.78. The number of nitrogens with one attached hydrogen (secondary N) is 1. The van der Waals surface area contributed by atoms with Crippen LogP contribution in [0.25, 0.3) is 10.9 Å². The molecule has 1 N–H and O–H groups in total. The van der Waals surface area contributed by atoms with Gasteiger partial charge in [0.2, 0.25) is 15.5 Å². The number of sulfonamides is 1. The predicted molar refractivity (Wildman–Crippen MR) is 157 cm³/mol. The third-order valence-corrected chi connectivity index (χ3v) is 11.1. The summed E-state index contributed by atoms with van der Waals surface area (Å²) in [4.78, 5) is 13.0. The summed E-state index contributed by atoms with van der Waals surface area (Å²) in [6.07, 6.45) is 4.89. The summed E-state index contributed by atoms with van der Waals surface area (Å²) in [5, 5.41) is 3.53. The lowest BCUT2D eigenvalue weighted by atomic mass is 9.88. The molecule has 42 heavy (non-hydrogen) atoms. The highest BCUT2D eigenvalue weighted by Gasteiger charge is 2.45. The van der Waals surface area contributed by atoms with Gasteiger partial charge >= 0.3 is 0 Å².